The Morgan fingerprint density at radius 3 is 1.96 bits per heavy atom. The van der Waals surface area contributed by atoms with Gasteiger partial charge in [-0.15, -0.1) is 0 Å². The Hall–Kier alpha value is -1.84. The number of hydrogen-bond acceptors (Lipinski definition) is 3. The van der Waals surface area contributed by atoms with Crippen LogP contribution < -0.4 is 5.32 Å². The van der Waals surface area contributed by atoms with E-state index in [1.807, 2.05) is 18.2 Å². The maximum atomic E-state index is 11.9. The van der Waals surface area contributed by atoms with Gasteiger partial charge in [0.05, 0.1) is 5.56 Å². The maximum absolute atomic E-state index is 11.9. The van der Waals surface area contributed by atoms with Crippen LogP contribution in [0.3, 0.4) is 0 Å². The third kappa shape index (κ3) is 7.74. The number of halogens is 7. The van der Waals surface area contributed by atoms with Gasteiger partial charge in [0, 0.05) is 10.2 Å². The smallest absolute Gasteiger partial charge is 0.456 e. The molecule has 11 heteroatoms. The van der Waals surface area contributed by atoms with Gasteiger partial charge in [-0.1, -0.05) is 57.3 Å². The number of hydrogen-bond donors (Lipinski definition) is 2. The molecule has 0 aliphatic rings. The molecule has 0 saturated heterocycles. The first-order chi connectivity index (χ1) is 12.3. The number of phenolic OH excluding ortho intramolecular Hbond substituents is 1. The number of carbonyl (C=O) groups excluding carboxylic acids is 2. The molecule has 0 heterocycles. The van der Waals surface area contributed by atoms with E-state index in [4.69, 9.17) is 0 Å². The minimum absolute atomic E-state index is 0.0483. The molecule has 0 saturated carbocycles. The summed E-state index contributed by atoms with van der Waals surface area (Å²) in [6.45, 7) is 0. The first-order valence-corrected chi connectivity index (χ1v) is 8.40. The molecular formula is C16H10BrCl2F4NO3. The summed E-state index contributed by atoms with van der Waals surface area (Å²) in [6, 6.07) is 13.9. The van der Waals surface area contributed by atoms with Crippen LogP contribution in [-0.2, 0) is 4.79 Å². The van der Waals surface area contributed by atoms with E-state index in [0.29, 0.717) is 5.69 Å². The highest BCUT2D eigenvalue weighted by molar-refractivity contribution is 9.10. The van der Waals surface area contributed by atoms with Crippen molar-refractivity contribution in [3.05, 3.63) is 58.6 Å². The van der Waals surface area contributed by atoms with E-state index in [2.05, 4.69) is 44.4 Å². The van der Waals surface area contributed by atoms with Crippen molar-refractivity contribution < 1.29 is 32.3 Å². The molecule has 0 aliphatic carbocycles. The summed E-state index contributed by atoms with van der Waals surface area (Å²) in [5.41, 5.74) is 0.942. The van der Waals surface area contributed by atoms with Crippen LogP contribution in [0.1, 0.15) is 10.4 Å². The van der Waals surface area contributed by atoms with Crippen LogP contribution in [0.5, 0.6) is 5.75 Å². The topological polar surface area (TPSA) is 66.4 Å². The van der Waals surface area contributed by atoms with E-state index in [9.17, 15) is 32.3 Å². The summed E-state index contributed by atoms with van der Waals surface area (Å²) < 4.78 is 42.2. The number of alkyl halides is 6. The van der Waals surface area contributed by atoms with E-state index in [0.717, 1.165) is 4.47 Å². The Morgan fingerprint density at radius 1 is 1.00 bits per heavy atom. The molecule has 0 spiro atoms. The molecule has 27 heavy (non-hydrogen) atoms. The van der Waals surface area contributed by atoms with Crippen LogP contribution in [0.15, 0.2) is 53.0 Å². The fraction of sp³-hybridized carbons (Fsp3) is 0.125. The van der Waals surface area contributed by atoms with Crippen LogP contribution in [-0.4, -0.2) is 27.6 Å². The van der Waals surface area contributed by atoms with Crippen LogP contribution in [0.25, 0.3) is 0 Å². The number of para-hydroxylation sites is 1. The van der Waals surface area contributed by atoms with Crippen molar-refractivity contribution in [1.82, 2.24) is 0 Å². The SMILES string of the molecule is O=C(C(F)(F)F)C(F)(Cl)Cl.O=C(Nc1ccccc1)c1ccc(Br)cc1O. The maximum Gasteiger partial charge on any atom is 0.456 e. The zero-order valence-electron chi connectivity index (χ0n) is 13.0. The standard InChI is InChI=1S/C13H10BrNO2.C3Cl2F4O/c14-9-6-7-11(12(16)8-9)13(17)15-10-4-2-1-3-5-10;4-2(5,6)1(10)3(7,8)9/h1-8,16H,(H,15,17);. The molecule has 2 aromatic carbocycles. The molecule has 2 rings (SSSR count). The fourth-order valence-electron chi connectivity index (χ4n) is 1.58. The normalized spacial score (nSPS) is 11.2. The predicted octanol–water partition coefficient (Wildman–Crippen LogP) is 5.63. The molecule has 1 amide bonds. The highest BCUT2D eigenvalue weighted by atomic mass is 79.9. The number of amides is 1. The second-order valence-corrected chi connectivity index (χ2v) is 6.96. The molecule has 2 aromatic rings. The first-order valence-electron chi connectivity index (χ1n) is 6.85. The second-order valence-electron chi connectivity index (χ2n) is 4.81. The number of Topliss-reactive ketones (excluding diaryl/α,β-unsaturated/α-hetero) is 1. The van der Waals surface area contributed by atoms with Crippen LogP contribution in [0.4, 0.5) is 23.2 Å². The molecule has 0 aliphatic heterocycles. The lowest BCUT2D eigenvalue weighted by atomic mass is 10.2. The van der Waals surface area contributed by atoms with Gasteiger partial charge in [-0.25, -0.2) is 0 Å². The lowest BCUT2D eigenvalue weighted by Gasteiger charge is -2.09. The van der Waals surface area contributed by atoms with Gasteiger partial charge in [0.1, 0.15) is 5.75 Å². The largest absolute Gasteiger partial charge is 0.507 e. The molecule has 0 aromatic heterocycles. The van der Waals surface area contributed by atoms with E-state index in [1.54, 1.807) is 24.3 Å². The Balaban J connectivity index is 0.000000314. The molecular weight excluding hydrogens is 481 g/mol. The second kappa shape index (κ2) is 9.38. The molecule has 0 unspecified atom stereocenters. The fourth-order valence-corrected chi connectivity index (χ4v) is 2.14. The third-order valence-corrected chi connectivity index (χ3v) is 3.59. The number of phenols is 1. The summed E-state index contributed by atoms with van der Waals surface area (Å²) in [4.78, 5) is 21.6. The predicted molar refractivity (Wildman–Crippen MR) is 96.8 cm³/mol. The Labute approximate surface area is 169 Å². The van der Waals surface area contributed by atoms with Gasteiger partial charge >= 0.3 is 16.5 Å². The highest BCUT2D eigenvalue weighted by Crippen LogP contribution is 2.32. The number of rotatable bonds is 3. The number of ketones is 1. The zero-order valence-corrected chi connectivity index (χ0v) is 16.1. The summed E-state index contributed by atoms with van der Waals surface area (Å²) >= 11 is 11.6. The minimum Gasteiger partial charge on any atom is -0.507 e. The van der Waals surface area contributed by atoms with Crippen molar-refractivity contribution in [3.8, 4) is 5.75 Å². The molecule has 4 nitrogen and oxygen atoms in total. The van der Waals surface area contributed by atoms with Crippen LogP contribution in [0, 0.1) is 0 Å². The van der Waals surface area contributed by atoms with Crippen molar-refractivity contribution in [2.45, 2.75) is 10.8 Å². The quantitative estimate of drug-likeness (QED) is 0.433. The summed E-state index contributed by atoms with van der Waals surface area (Å²) in [7, 11) is 0. The van der Waals surface area contributed by atoms with E-state index in [1.165, 1.54) is 6.07 Å². The van der Waals surface area contributed by atoms with Crippen molar-refractivity contribution >= 4 is 56.5 Å². The lowest BCUT2D eigenvalue weighted by molar-refractivity contribution is -0.175. The highest BCUT2D eigenvalue weighted by Gasteiger charge is 2.52. The number of aromatic hydroxyl groups is 1. The van der Waals surface area contributed by atoms with Gasteiger partial charge in [-0.05, 0) is 30.3 Å². The Morgan fingerprint density at radius 2 is 1.56 bits per heavy atom. The van der Waals surface area contributed by atoms with Gasteiger partial charge in [0.2, 0.25) is 0 Å². The molecule has 0 atom stereocenters. The molecule has 0 radical (unpaired) electrons. The number of anilines is 1. The summed E-state index contributed by atoms with van der Waals surface area (Å²) in [5.74, 6) is -3.20. The average molecular weight is 491 g/mol. The Kier molecular flexibility index (Phi) is 8.06. The molecule has 146 valence electrons. The van der Waals surface area contributed by atoms with Crippen LogP contribution >= 0.6 is 39.1 Å². The van der Waals surface area contributed by atoms with Crippen molar-refractivity contribution in [2.24, 2.45) is 0 Å². The first kappa shape index (κ1) is 23.2. The average Bonchev–Trinajstić information content (AvgIpc) is 2.54. The van der Waals surface area contributed by atoms with Crippen molar-refractivity contribution in [2.75, 3.05) is 5.32 Å². The molecule has 0 fully saturated rings. The van der Waals surface area contributed by atoms with Crippen LogP contribution in [0.2, 0.25) is 0 Å². The lowest BCUT2D eigenvalue weighted by Crippen LogP contribution is -2.34. The van der Waals surface area contributed by atoms with Crippen molar-refractivity contribution in [1.29, 1.82) is 0 Å². The van der Waals surface area contributed by atoms with Gasteiger partial charge in [0.25, 0.3) is 5.91 Å². The van der Waals surface area contributed by atoms with Gasteiger partial charge in [-0.2, -0.15) is 17.6 Å². The van der Waals surface area contributed by atoms with E-state index in [-0.39, 0.29) is 17.2 Å². The van der Waals surface area contributed by atoms with E-state index >= 15 is 0 Å². The number of carbonyl (C=O) groups is 2. The number of nitrogens with one attached hydrogen (secondary N) is 1. The van der Waals surface area contributed by atoms with E-state index < -0.39 is 16.5 Å². The van der Waals surface area contributed by atoms with Crippen molar-refractivity contribution in [3.63, 3.8) is 0 Å². The third-order valence-electron chi connectivity index (χ3n) is 2.75. The Bertz CT molecular complexity index is 796. The minimum atomic E-state index is -5.34. The van der Waals surface area contributed by atoms with Gasteiger partial charge in [0.15, 0.2) is 0 Å². The van der Waals surface area contributed by atoms with Gasteiger partial charge < -0.3 is 10.4 Å². The summed E-state index contributed by atoms with van der Waals surface area (Å²) in [5, 5.41) is 12.4. The number of benzene rings is 2. The monoisotopic (exact) mass is 489 g/mol. The molecule has 2 N–H and O–H groups in total. The zero-order chi connectivity index (χ0) is 20.8. The molecule has 0 bridgehead atoms. The van der Waals surface area contributed by atoms with Gasteiger partial charge in [-0.3, -0.25) is 9.59 Å². The summed E-state index contributed by atoms with van der Waals surface area (Å²) in [6.07, 6.45) is -5.34.